The number of ether oxygens (including phenoxy) is 1. The Labute approximate surface area is 256 Å². The smallest absolute Gasteiger partial charge is 0.416 e. The average molecular weight is 621 g/mol. The second kappa shape index (κ2) is 12.6. The molecule has 14 heteroatoms. The molecule has 1 aromatic carbocycles. The maximum atomic E-state index is 13.0. The number of benzene rings is 1. The number of fused-ring (bicyclic) bond motifs is 1. The Morgan fingerprint density at radius 1 is 1.11 bits per heavy atom. The first kappa shape index (κ1) is 30.1. The number of H-pyrrole nitrogens is 1. The van der Waals surface area contributed by atoms with Crippen molar-refractivity contribution >= 4 is 34.5 Å². The maximum Gasteiger partial charge on any atom is 0.416 e. The summed E-state index contributed by atoms with van der Waals surface area (Å²) in [6.45, 7) is 1.92. The molecule has 1 atom stereocenters. The Bertz CT molecular complexity index is 1720. The predicted octanol–water partition coefficient (Wildman–Crippen LogP) is 5.08. The molecule has 1 saturated carbocycles. The van der Waals surface area contributed by atoms with Crippen molar-refractivity contribution in [3.63, 3.8) is 0 Å². The number of carbonyl (C=O) groups excluding carboxylic acids is 2. The van der Waals surface area contributed by atoms with Crippen molar-refractivity contribution in [1.82, 2.24) is 30.0 Å². The normalized spacial score (nSPS) is 16.9. The third-order valence-corrected chi connectivity index (χ3v) is 7.76. The van der Waals surface area contributed by atoms with Crippen LogP contribution in [0.2, 0.25) is 0 Å². The lowest BCUT2D eigenvalue weighted by atomic mass is 10.2. The van der Waals surface area contributed by atoms with Gasteiger partial charge in [-0.25, -0.2) is 9.97 Å². The van der Waals surface area contributed by atoms with Crippen LogP contribution in [0.5, 0.6) is 11.5 Å². The van der Waals surface area contributed by atoms with Gasteiger partial charge in [0.2, 0.25) is 5.91 Å². The van der Waals surface area contributed by atoms with E-state index in [1.807, 2.05) is 11.0 Å². The Morgan fingerprint density at radius 2 is 1.89 bits per heavy atom. The molecule has 3 aromatic heterocycles. The maximum absolute atomic E-state index is 13.0. The van der Waals surface area contributed by atoms with Gasteiger partial charge in [-0.1, -0.05) is 6.08 Å². The fourth-order valence-corrected chi connectivity index (χ4v) is 5.14. The van der Waals surface area contributed by atoms with E-state index in [9.17, 15) is 22.8 Å². The zero-order chi connectivity index (χ0) is 31.6. The first-order chi connectivity index (χ1) is 21.6. The molecule has 1 aliphatic heterocycles. The lowest BCUT2D eigenvalue weighted by Gasteiger charge is -2.16. The van der Waals surface area contributed by atoms with Crippen LogP contribution in [-0.4, -0.2) is 80.5 Å². The number of halogens is 3. The molecule has 11 nitrogen and oxygen atoms in total. The van der Waals surface area contributed by atoms with Gasteiger partial charge in [-0.05, 0) is 62.7 Å². The van der Waals surface area contributed by atoms with Crippen LogP contribution in [0, 0.1) is 0 Å². The minimum atomic E-state index is -4.55. The molecule has 0 bridgehead atoms. The van der Waals surface area contributed by atoms with Crippen LogP contribution in [0.15, 0.2) is 67.0 Å². The molecule has 0 spiro atoms. The van der Waals surface area contributed by atoms with Crippen molar-refractivity contribution in [3.8, 4) is 11.5 Å². The van der Waals surface area contributed by atoms with Gasteiger partial charge in [0.15, 0.2) is 11.5 Å². The van der Waals surface area contributed by atoms with Gasteiger partial charge >= 0.3 is 6.18 Å². The van der Waals surface area contributed by atoms with E-state index in [1.165, 1.54) is 25.0 Å². The quantitative estimate of drug-likeness (QED) is 0.210. The summed E-state index contributed by atoms with van der Waals surface area (Å²) in [4.78, 5) is 37.5. The summed E-state index contributed by atoms with van der Waals surface area (Å²) in [7, 11) is 2.07. The molecule has 45 heavy (non-hydrogen) atoms. The zero-order valence-electron chi connectivity index (χ0n) is 24.3. The first-order valence-electron chi connectivity index (χ1n) is 14.5. The lowest BCUT2D eigenvalue weighted by molar-refractivity contribution is -0.137. The van der Waals surface area contributed by atoms with Gasteiger partial charge in [0, 0.05) is 61.8 Å². The molecule has 0 unspecified atom stereocenters. The molecule has 6 rings (SSSR count). The molecule has 4 aromatic rings. The van der Waals surface area contributed by atoms with Crippen molar-refractivity contribution in [3.05, 3.63) is 78.1 Å². The van der Waals surface area contributed by atoms with E-state index in [2.05, 4.69) is 42.7 Å². The summed E-state index contributed by atoms with van der Waals surface area (Å²) in [6, 6.07) is 10.1. The van der Waals surface area contributed by atoms with Crippen molar-refractivity contribution in [2.75, 3.05) is 37.3 Å². The largest absolute Gasteiger partial charge is 0.456 e. The Kier molecular flexibility index (Phi) is 8.39. The van der Waals surface area contributed by atoms with Crippen LogP contribution < -0.4 is 15.4 Å². The van der Waals surface area contributed by atoms with E-state index in [0.717, 1.165) is 31.3 Å². The Morgan fingerprint density at radius 3 is 2.64 bits per heavy atom. The highest BCUT2D eigenvalue weighted by Crippen LogP contribution is 2.34. The highest BCUT2D eigenvalue weighted by atomic mass is 19.4. The van der Waals surface area contributed by atoms with Crippen molar-refractivity contribution in [2.45, 2.75) is 37.5 Å². The van der Waals surface area contributed by atoms with Crippen LogP contribution in [0.3, 0.4) is 0 Å². The predicted molar refractivity (Wildman–Crippen MR) is 161 cm³/mol. The number of carbonyl (C=O) groups is 2. The number of rotatable bonds is 10. The van der Waals surface area contributed by atoms with Gasteiger partial charge < -0.3 is 20.3 Å². The number of hydrogen-bond donors (Lipinski definition) is 3. The Hall–Kier alpha value is -4.98. The topological polar surface area (TPSA) is 128 Å². The standard InChI is InChI=1S/C31H31F3N8O3/c1-41(22-6-7-22)15-2-3-26(43)42-16-12-21(18-42)37-29-27-24(11-14-36-28(27)39-40-29)45-23-8-4-19(5-9-23)30(44)38-25-17-20(10-13-35-25)31(32,33)34/h2-5,8-11,13-14,17,21-22H,6-7,12,15-16,18H2,1H3,(H,35,38,44)(H2,36,37,39,40)/t21-/m1/s1. The molecule has 1 aliphatic carbocycles. The van der Waals surface area contributed by atoms with E-state index in [1.54, 1.807) is 30.5 Å². The molecule has 2 fully saturated rings. The summed E-state index contributed by atoms with van der Waals surface area (Å²) in [5.41, 5.74) is -0.197. The number of hydrogen-bond acceptors (Lipinski definition) is 8. The first-order valence-corrected chi connectivity index (χ1v) is 14.5. The number of aromatic nitrogens is 4. The summed E-state index contributed by atoms with van der Waals surface area (Å²) < 4.78 is 45.1. The number of likely N-dealkylation sites (N-methyl/N-ethyl adjacent to an activating group) is 1. The number of alkyl halides is 3. The summed E-state index contributed by atoms with van der Waals surface area (Å²) in [5.74, 6) is 0.585. The summed E-state index contributed by atoms with van der Waals surface area (Å²) in [6.07, 6.45) is 4.78. The molecule has 0 radical (unpaired) electrons. The van der Waals surface area contributed by atoms with E-state index in [4.69, 9.17) is 4.74 Å². The number of aromatic amines is 1. The molecule has 234 valence electrons. The molecular weight excluding hydrogens is 589 g/mol. The number of pyridine rings is 2. The molecule has 1 saturated heterocycles. The minimum Gasteiger partial charge on any atom is -0.456 e. The third kappa shape index (κ3) is 7.23. The van der Waals surface area contributed by atoms with Crippen molar-refractivity contribution < 1.29 is 27.5 Å². The highest BCUT2D eigenvalue weighted by molar-refractivity contribution is 6.03. The molecular formula is C31H31F3N8O3. The van der Waals surface area contributed by atoms with Crippen LogP contribution in [-0.2, 0) is 11.0 Å². The Balaban J connectivity index is 1.08. The van der Waals surface area contributed by atoms with Gasteiger partial charge in [0.05, 0.1) is 5.56 Å². The molecule has 2 aliphatic rings. The summed E-state index contributed by atoms with van der Waals surface area (Å²) >= 11 is 0. The monoisotopic (exact) mass is 620 g/mol. The minimum absolute atomic E-state index is 0.00992. The van der Waals surface area contributed by atoms with Gasteiger partial charge in [-0.15, -0.1) is 0 Å². The second-order valence-electron chi connectivity index (χ2n) is 11.1. The summed E-state index contributed by atoms with van der Waals surface area (Å²) in [5, 5.41) is 13.7. The van der Waals surface area contributed by atoms with E-state index < -0.39 is 17.6 Å². The van der Waals surface area contributed by atoms with Crippen molar-refractivity contribution in [2.24, 2.45) is 0 Å². The highest BCUT2D eigenvalue weighted by Gasteiger charge is 2.31. The van der Waals surface area contributed by atoms with Crippen LogP contribution in [0.25, 0.3) is 11.0 Å². The fraction of sp³-hybridized carbons (Fsp3) is 0.323. The number of nitrogens with one attached hydrogen (secondary N) is 3. The number of likely N-dealkylation sites (tertiary alicyclic amines) is 1. The van der Waals surface area contributed by atoms with Gasteiger partial charge in [0.1, 0.15) is 22.7 Å². The van der Waals surface area contributed by atoms with E-state index >= 15 is 0 Å². The lowest BCUT2D eigenvalue weighted by Crippen LogP contribution is -2.30. The second-order valence-corrected chi connectivity index (χ2v) is 11.1. The molecule has 3 N–H and O–H groups in total. The van der Waals surface area contributed by atoms with Crippen LogP contribution >= 0.6 is 0 Å². The third-order valence-electron chi connectivity index (χ3n) is 7.76. The van der Waals surface area contributed by atoms with Crippen LogP contribution in [0.1, 0.15) is 35.2 Å². The number of anilines is 2. The van der Waals surface area contributed by atoms with E-state index in [0.29, 0.717) is 47.5 Å². The molecule has 2 amide bonds. The zero-order valence-corrected chi connectivity index (χ0v) is 24.3. The van der Waals surface area contributed by atoms with Crippen molar-refractivity contribution in [1.29, 1.82) is 0 Å². The van der Waals surface area contributed by atoms with Crippen LogP contribution in [0.4, 0.5) is 24.8 Å². The SMILES string of the molecule is CN(CC=CC(=O)N1CC[C@@H](Nc2n[nH]c3nccc(Oc4ccc(C(=O)Nc5cc(C(F)(F)F)ccn5)cc4)c23)C1)C1CC1. The molecule has 4 heterocycles. The fourth-order valence-electron chi connectivity index (χ4n) is 5.14. The van der Waals surface area contributed by atoms with Gasteiger partial charge in [-0.2, -0.15) is 18.3 Å². The van der Waals surface area contributed by atoms with Gasteiger partial charge in [0.25, 0.3) is 5.91 Å². The van der Waals surface area contributed by atoms with Gasteiger partial charge in [-0.3, -0.25) is 19.6 Å². The van der Waals surface area contributed by atoms with E-state index in [-0.39, 0.29) is 23.3 Å². The number of nitrogens with zero attached hydrogens (tertiary/aromatic N) is 5. The average Bonchev–Trinajstić information content (AvgIpc) is 3.64. The number of amides is 2.